The summed E-state index contributed by atoms with van der Waals surface area (Å²) in [6.07, 6.45) is 10.0. The second-order valence-corrected chi connectivity index (χ2v) is 10.5. The highest BCUT2D eigenvalue weighted by atomic mass is 16.1. The van der Waals surface area contributed by atoms with Crippen LogP contribution in [0.4, 0.5) is 0 Å². The molecule has 4 heteroatoms. The van der Waals surface area contributed by atoms with Gasteiger partial charge in [0.05, 0.1) is 11.3 Å². The average Bonchev–Trinajstić information content (AvgIpc) is 3.25. The summed E-state index contributed by atoms with van der Waals surface area (Å²) in [7, 11) is 0. The number of nitrogens with one attached hydrogen (secondary N) is 1. The van der Waals surface area contributed by atoms with Crippen LogP contribution >= 0.6 is 0 Å². The van der Waals surface area contributed by atoms with E-state index in [1.165, 1.54) is 38.5 Å². The van der Waals surface area contributed by atoms with Gasteiger partial charge < -0.3 is 5.32 Å². The van der Waals surface area contributed by atoms with Gasteiger partial charge in [0, 0.05) is 17.8 Å². The van der Waals surface area contributed by atoms with E-state index < -0.39 is 0 Å². The van der Waals surface area contributed by atoms with E-state index in [0.29, 0.717) is 5.56 Å². The van der Waals surface area contributed by atoms with Crippen LogP contribution in [-0.2, 0) is 0 Å². The Hall–Kier alpha value is -2.88. The Morgan fingerprint density at radius 3 is 2.09 bits per heavy atom. The highest BCUT2D eigenvalue weighted by Gasteiger charge is 2.53. The van der Waals surface area contributed by atoms with Crippen LogP contribution in [0.25, 0.3) is 16.9 Å². The van der Waals surface area contributed by atoms with E-state index >= 15 is 0 Å². The molecule has 7 rings (SSSR count). The molecule has 164 valence electrons. The number of aromatic nitrogens is 2. The summed E-state index contributed by atoms with van der Waals surface area (Å²) in [5.41, 5.74) is 3.60. The monoisotopic (exact) mass is 425 g/mol. The van der Waals surface area contributed by atoms with E-state index in [2.05, 4.69) is 12.2 Å². The molecule has 32 heavy (non-hydrogen) atoms. The molecule has 1 heterocycles. The summed E-state index contributed by atoms with van der Waals surface area (Å²) in [6, 6.07) is 20.2. The molecule has 4 aliphatic rings. The largest absolute Gasteiger partial charge is 0.349 e. The molecule has 4 nitrogen and oxygen atoms in total. The predicted molar refractivity (Wildman–Crippen MR) is 127 cm³/mol. The zero-order valence-corrected chi connectivity index (χ0v) is 18.7. The maximum Gasteiger partial charge on any atom is 0.255 e. The maximum atomic E-state index is 13.6. The van der Waals surface area contributed by atoms with Gasteiger partial charge in [-0.25, -0.2) is 4.68 Å². The van der Waals surface area contributed by atoms with Crippen molar-refractivity contribution in [1.82, 2.24) is 15.1 Å². The van der Waals surface area contributed by atoms with Gasteiger partial charge >= 0.3 is 0 Å². The van der Waals surface area contributed by atoms with E-state index in [1.807, 2.05) is 71.5 Å². The Bertz CT molecular complexity index is 1080. The van der Waals surface area contributed by atoms with Gasteiger partial charge in [0.25, 0.3) is 5.91 Å². The van der Waals surface area contributed by atoms with E-state index in [4.69, 9.17) is 5.10 Å². The number of benzene rings is 2. The van der Waals surface area contributed by atoms with Crippen LogP contribution in [0.3, 0.4) is 0 Å². The molecule has 0 radical (unpaired) electrons. The molecular formula is C28H31N3O. The van der Waals surface area contributed by atoms with Crippen molar-refractivity contribution in [2.45, 2.75) is 51.5 Å². The molecule has 0 unspecified atom stereocenters. The van der Waals surface area contributed by atoms with Gasteiger partial charge in [-0.3, -0.25) is 4.79 Å². The molecule has 0 spiro atoms. The number of amides is 1. The lowest BCUT2D eigenvalue weighted by atomic mass is 9.48. The first-order chi connectivity index (χ1) is 15.6. The first kappa shape index (κ1) is 19.8. The minimum absolute atomic E-state index is 0.00530. The number of hydrogen-bond acceptors (Lipinski definition) is 2. The van der Waals surface area contributed by atoms with Crippen LogP contribution in [0.2, 0.25) is 0 Å². The molecule has 2 aromatic carbocycles. The van der Waals surface area contributed by atoms with Gasteiger partial charge in [-0.15, -0.1) is 0 Å². The number of hydrogen-bond donors (Lipinski definition) is 1. The SMILES string of the molecule is C[C@@H](NC(=O)c1cn(-c2ccccc2)nc1-c1ccccc1)C12CC3CC(CC(C3)C1)C2. The lowest BCUT2D eigenvalue weighted by Crippen LogP contribution is -2.55. The van der Waals surface area contributed by atoms with Gasteiger partial charge in [-0.1, -0.05) is 48.5 Å². The summed E-state index contributed by atoms with van der Waals surface area (Å²) in [5.74, 6) is 2.62. The van der Waals surface area contributed by atoms with E-state index in [0.717, 1.165) is 34.7 Å². The standard InChI is InChI=1S/C28H31N3O/c1-19(28-15-20-12-21(16-28)14-22(13-20)17-28)29-27(32)25-18-31(24-10-6-3-7-11-24)30-26(25)23-8-4-2-5-9-23/h2-11,18-22H,12-17H2,1H3,(H,29,32)/t19-,20?,21?,22?,28?/m1/s1. The molecule has 0 aliphatic heterocycles. The molecule has 1 aromatic heterocycles. The fourth-order valence-electron chi connectivity index (χ4n) is 7.20. The highest BCUT2D eigenvalue weighted by molar-refractivity contribution is 6.00. The molecule has 4 bridgehead atoms. The van der Waals surface area contributed by atoms with Crippen molar-refractivity contribution in [3.63, 3.8) is 0 Å². The van der Waals surface area contributed by atoms with Crippen molar-refractivity contribution in [3.05, 3.63) is 72.4 Å². The van der Waals surface area contributed by atoms with Crippen molar-refractivity contribution >= 4 is 5.91 Å². The van der Waals surface area contributed by atoms with E-state index in [9.17, 15) is 4.79 Å². The van der Waals surface area contributed by atoms with Gasteiger partial charge in [-0.2, -0.15) is 5.10 Å². The Labute approximate surface area is 190 Å². The van der Waals surface area contributed by atoms with Crippen LogP contribution in [-0.4, -0.2) is 21.7 Å². The molecule has 1 atom stereocenters. The number of nitrogens with zero attached hydrogens (tertiary/aromatic N) is 2. The molecule has 4 fully saturated rings. The van der Waals surface area contributed by atoms with Crippen molar-refractivity contribution in [2.75, 3.05) is 0 Å². The third kappa shape index (κ3) is 3.37. The fraction of sp³-hybridized carbons (Fsp3) is 0.429. The summed E-state index contributed by atoms with van der Waals surface area (Å²) in [6.45, 7) is 2.24. The molecule has 4 aliphatic carbocycles. The minimum atomic E-state index is -0.00530. The lowest BCUT2D eigenvalue weighted by molar-refractivity contribution is -0.0687. The van der Waals surface area contributed by atoms with Gasteiger partial charge in [-0.05, 0) is 80.8 Å². The molecular weight excluding hydrogens is 394 g/mol. The predicted octanol–water partition coefficient (Wildman–Crippen LogP) is 5.87. The van der Waals surface area contributed by atoms with Crippen LogP contribution in [0, 0.1) is 23.2 Å². The maximum absolute atomic E-state index is 13.6. The first-order valence-corrected chi connectivity index (χ1v) is 12.1. The average molecular weight is 426 g/mol. The van der Waals surface area contributed by atoms with Gasteiger partial charge in [0.2, 0.25) is 0 Å². The summed E-state index contributed by atoms with van der Waals surface area (Å²) < 4.78 is 1.83. The second kappa shape index (κ2) is 7.61. The Morgan fingerprint density at radius 1 is 0.938 bits per heavy atom. The number of para-hydroxylation sites is 1. The molecule has 1 amide bonds. The van der Waals surface area contributed by atoms with E-state index in [1.54, 1.807) is 0 Å². The Balaban J connectivity index is 1.31. The van der Waals surface area contributed by atoms with Crippen LogP contribution < -0.4 is 5.32 Å². The first-order valence-electron chi connectivity index (χ1n) is 12.1. The fourth-order valence-corrected chi connectivity index (χ4v) is 7.20. The van der Waals surface area contributed by atoms with Crippen LogP contribution in [0.15, 0.2) is 66.9 Å². The third-order valence-electron chi connectivity index (χ3n) is 8.38. The van der Waals surface area contributed by atoms with Crippen LogP contribution in [0.1, 0.15) is 55.8 Å². The van der Waals surface area contributed by atoms with Crippen molar-refractivity contribution in [2.24, 2.45) is 23.2 Å². The normalized spacial score (nSPS) is 29.1. The molecule has 4 saturated carbocycles. The number of rotatable bonds is 5. The molecule has 1 N–H and O–H groups in total. The zero-order valence-electron chi connectivity index (χ0n) is 18.7. The van der Waals surface area contributed by atoms with E-state index in [-0.39, 0.29) is 17.4 Å². The minimum Gasteiger partial charge on any atom is -0.349 e. The molecule has 3 aromatic rings. The van der Waals surface area contributed by atoms with Crippen LogP contribution in [0.5, 0.6) is 0 Å². The number of carbonyl (C=O) groups excluding carboxylic acids is 1. The smallest absolute Gasteiger partial charge is 0.255 e. The van der Waals surface area contributed by atoms with Crippen molar-refractivity contribution in [1.29, 1.82) is 0 Å². The topological polar surface area (TPSA) is 46.9 Å². The zero-order chi connectivity index (χ0) is 21.7. The second-order valence-electron chi connectivity index (χ2n) is 10.5. The Morgan fingerprint density at radius 2 is 1.50 bits per heavy atom. The van der Waals surface area contributed by atoms with Gasteiger partial charge in [0.1, 0.15) is 5.69 Å². The quantitative estimate of drug-likeness (QED) is 0.555. The summed E-state index contributed by atoms with van der Waals surface area (Å²) in [4.78, 5) is 13.6. The van der Waals surface area contributed by atoms with Gasteiger partial charge in [0.15, 0.2) is 0 Å². The lowest BCUT2D eigenvalue weighted by Gasteiger charge is -2.59. The third-order valence-corrected chi connectivity index (χ3v) is 8.38. The number of carbonyl (C=O) groups is 1. The Kier molecular flexibility index (Phi) is 4.71. The molecule has 0 saturated heterocycles. The highest BCUT2D eigenvalue weighted by Crippen LogP contribution is 2.61. The van der Waals surface area contributed by atoms with Crippen molar-refractivity contribution in [3.8, 4) is 16.9 Å². The summed E-state index contributed by atoms with van der Waals surface area (Å²) >= 11 is 0. The van der Waals surface area contributed by atoms with Crippen molar-refractivity contribution < 1.29 is 4.79 Å². The summed E-state index contributed by atoms with van der Waals surface area (Å²) in [5, 5.41) is 8.26.